The van der Waals surface area contributed by atoms with Crippen LogP contribution in [0.25, 0.3) is 0 Å². The molecule has 0 saturated heterocycles. The van der Waals surface area contributed by atoms with Gasteiger partial charge in [0.15, 0.2) is 0 Å². The second-order valence-corrected chi connectivity index (χ2v) is 4.87. The first-order valence-corrected chi connectivity index (χ1v) is 5.61. The lowest BCUT2D eigenvalue weighted by molar-refractivity contribution is -0.129. The van der Waals surface area contributed by atoms with Crippen LogP contribution in [0.15, 0.2) is 0 Å². The predicted molar refractivity (Wildman–Crippen MR) is 63.4 cm³/mol. The zero-order valence-electron chi connectivity index (χ0n) is 10.5. The van der Waals surface area contributed by atoms with E-state index in [0.717, 1.165) is 0 Å². The molecule has 0 aromatic carbocycles. The molecule has 0 spiro atoms. The largest absolute Gasteiger partial charge is 0.368 e. The van der Waals surface area contributed by atoms with E-state index in [-0.39, 0.29) is 11.8 Å². The normalized spacial score (nSPS) is 14.9. The summed E-state index contributed by atoms with van der Waals surface area (Å²) in [5.74, 6) is -0.536. The molecule has 16 heavy (non-hydrogen) atoms. The van der Waals surface area contributed by atoms with Gasteiger partial charge in [-0.25, -0.2) is 0 Å². The molecule has 0 saturated carbocycles. The minimum Gasteiger partial charge on any atom is -0.368 e. The van der Waals surface area contributed by atoms with E-state index in [1.165, 1.54) is 0 Å². The van der Waals surface area contributed by atoms with E-state index in [4.69, 9.17) is 11.5 Å². The Bertz CT molecular complexity index is 252. The number of carbonyl (C=O) groups is 2. The van der Waals surface area contributed by atoms with E-state index in [1.807, 2.05) is 27.7 Å². The van der Waals surface area contributed by atoms with Crippen LogP contribution in [-0.4, -0.2) is 23.9 Å². The van der Waals surface area contributed by atoms with Gasteiger partial charge in [0.05, 0.1) is 6.04 Å². The van der Waals surface area contributed by atoms with Crippen molar-refractivity contribution in [1.82, 2.24) is 5.32 Å². The number of rotatable bonds is 6. The Labute approximate surface area is 96.9 Å². The van der Waals surface area contributed by atoms with Crippen LogP contribution in [0.2, 0.25) is 0 Å². The smallest absolute Gasteiger partial charge is 0.240 e. The van der Waals surface area contributed by atoms with E-state index >= 15 is 0 Å². The van der Waals surface area contributed by atoms with Crippen LogP contribution in [0.3, 0.4) is 0 Å². The molecule has 0 rings (SSSR count). The molecular weight excluding hydrogens is 206 g/mol. The molecule has 0 aliphatic heterocycles. The monoisotopic (exact) mass is 229 g/mol. The second kappa shape index (κ2) is 6.48. The van der Waals surface area contributed by atoms with Crippen LogP contribution in [0.4, 0.5) is 0 Å². The maximum Gasteiger partial charge on any atom is 0.240 e. The Kier molecular flexibility index (Phi) is 6.03. The van der Waals surface area contributed by atoms with Crippen molar-refractivity contribution in [3.63, 3.8) is 0 Å². The molecule has 0 radical (unpaired) electrons. The van der Waals surface area contributed by atoms with Gasteiger partial charge in [0.25, 0.3) is 0 Å². The minimum atomic E-state index is -0.647. The third-order valence-corrected chi connectivity index (χ3v) is 2.33. The van der Waals surface area contributed by atoms with Crippen LogP contribution in [0.1, 0.15) is 34.1 Å². The Hall–Kier alpha value is -1.10. The van der Waals surface area contributed by atoms with Crippen molar-refractivity contribution in [3.8, 4) is 0 Å². The van der Waals surface area contributed by atoms with E-state index in [0.29, 0.717) is 12.3 Å². The molecule has 0 fully saturated rings. The van der Waals surface area contributed by atoms with Crippen LogP contribution in [0.5, 0.6) is 0 Å². The summed E-state index contributed by atoms with van der Waals surface area (Å²) in [4.78, 5) is 22.7. The Morgan fingerprint density at radius 3 is 2.00 bits per heavy atom. The second-order valence-electron chi connectivity index (χ2n) is 4.87. The maximum absolute atomic E-state index is 11.7. The Balaban J connectivity index is 4.35. The van der Waals surface area contributed by atoms with Gasteiger partial charge in [0.2, 0.25) is 11.8 Å². The van der Waals surface area contributed by atoms with Crippen molar-refractivity contribution in [2.75, 3.05) is 0 Å². The molecule has 94 valence electrons. The number of nitrogens with one attached hydrogen (secondary N) is 1. The highest BCUT2D eigenvalue weighted by Crippen LogP contribution is 2.05. The number of amides is 2. The van der Waals surface area contributed by atoms with E-state index in [9.17, 15) is 9.59 Å². The van der Waals surface area contributed by atoms with Gasteiger partial charge in [-0.2, -0.15) is 0 Å². The summed E-state index contributed by atoms with van der Waals surface area (Å²) in [5.41, 5.74) is 10.9. The number of hydrogen-bond acceptors (Lipinski definition) is 3. The molecule has 5 N–H and O–H groups in total. The van der Waals surface area contributed by atoms with Crippen LogP contribution in [0, 0.1) is 11.8 Å². The average Bonchev–Trinajstić information content (AvgIpc) is 2.11. The third kappa shape index (κ3) is 5.11. The zero-order chi connectivity index (χ0) is 12.9. The molecule has 0 aromatic rings. The fourth-order valence-corrected chi connectivity index (χ4v) is 1.44. The fraction of sp³-hybridized carbons (Fsp3) is 0.818. The third-order valence-electron chi connectivity index (χ3n) is 2.33. The molecule has 0 bridgehead atoms. The highest BCUT2D eigenvalue weighted by atomic mass is 16.2. The molecule has 5 heteroatoms. The Morgan fingerprint density at radius 1 is 1.19 bits per heavy atom. The minimum absolute atomic E-state index is 0.0345. The summed E-state index contributed by atoms with van der Waals surface area (Å²) in [7, 11) is 0. The highest BCUT2D eigenvalue weighted by molar-refractivity contribution is 5.89. The van der Waals surface area contributed by atoms with Gasteiger partial charge in [0, 0.05) is 0 Å². The fourth-order valence-electron chi connectivity index (χ4n) is 1.44. The molecule has 2 atom stereocenters. The van der Waals surface area contributed by atoms with Crippen molar-refractivity contribution >= 4 is 11.8 Å². The van der Waals surface area contributed by atoms with Crippen molar-refractivity contribution in [2.45, 2.75) is 46.2 Å². The highest BCUT2D eigenvalue weighted by Gasteiger charge is 2.24. The number of carbonyl (C=O) groups excluding carboxylic acids is 2. The summed E-state index contributed by atoms with van der Waals surface area (Å²) in [6.07, 6.45) is 0.593. The summed E-state index contributed by atoms with van der Waals surface area (Å²) >= 11 is 0. The van der Waals surface area contributed by atoms with Gasteiger partial charge < -0.3 is 16.8 Å². The molecular formula is C11H23N3O2. The maximum atomic E-state index is 11.7. The van der Waals surface area contributed by atoms with E-state index in [2.05, 4.69) is 5.32 Å². The SMILES string of the molecule is CC(C)C[C@H](N)C(=O)NC(C(N)=O)C(C)C. The summed E-state index contributed by atoms with van der Waals surface area (Å²) in [6.45, 7) is 7.62. The first-order chi connectivity index (χ1) is 7.25. The molecule has 0 aromatic heterocycles. The molecule has 0 aliphatic rings. The summed E-state index contributed by atoms with van der Waals surface area (Å²) in [6, 6.07) is -1.23. The molecule has 0 heterocycles. The van der Waals surface area contributed by atoms with E-state index in [1.54, 1.807) is 0 Å². The van der Waals surface area contributed by atoms with Crippen molar-refractivity contribution < 1.29 is 9.59 Å². The average molecular weight is 229 g/mol. The number of nitrogens with two attached hydrogens (primary N) is 2. The van der Waals surface area contributed by atoms with Gasteiger partial charge in [-0.05, 0) is 18.3 Å². The molecule has 2 amide bonds. The Morgan fingerprint density at radius 2 is 1.69 bits per heavy atom. The zero-order valence-corrected chi connectivity index (χ0v) is 10.5. The van der Waals surface area contributed by atoms with Crippen LogP contribution < -0.4 is 16.8 Å². The first kappa shape index (κ1) is 14.9. The molecule has 5 nitrogen and oxygen atoms in total. The quantitative estimate of drug-likeness (QED) is 0.597. The molecule has 0 aliphatic carbocycles. The lowest BCUT2D eigenvalue weighted by Crippen LogP contribution is -2.52. The topological polar surface area (TPSA) is 98.2 Å². The predicted octanol–water partition coefficient (Wildman–Crippen LogP) is -0.0141. The van der Waals surface area contributed by atoms with Gasteiger partial charge in [-0.3, -0.25) is 9.59 Å². The van der Waals surface area contributed by atoms with Crippen molar-refractivity contribution in [2.24, 2.45) is 23.3 Å². The summed E-state index contributed by atoms with van der Waals surface area (Å²) in [5, 5.41) is 2.58. The van der Waals surface area contributed by atoms with Crippen molar-refractivity contribution in [3.05, 3.63) is 0 Å². The first-order valence-electron chi connectivity index (χ1n) is 5.61. The summed E-state index contributed by atoms with van der Waals surface area (Å²) < 4.78 is 0. The lowest BCUT2D eigenvalue weighted by Gasteiger charge is -2.21. The van der Waals surface area contributed by atoms with Crippen molar-refractivity contribution in [1.29, 1.82) is 0 Å². The van der Waals surface area contributed by atoms with E-state index < -0.39 is 18.0 Å². The van der Waals surface area contributed by atoms with Crippen LogP contribution in [-0.2, 0) is 9.59 Å². The molecule has 1 unspecified atom stereocenters. The van der Waals surface area contributed by atoms with Gasteiger partial charge in [-0.15, -0.1) is 0 Å². The number of primary amides is 1. The van der Waals surface area contributed by atoms with Gasteiger partial charge in [0.1, 0.15) is 6.04 Å². The standard InChI is InChI=1S/C11H23N3O2/c1-6(2)5-8(12)11(16)14-9(7(3)4)10(13)15/h6-9H,5,12H2,1-4H3,(H2,13,15)(H,14,16)/t8-,9?/m0/s1. The van der Waals surface area contributed by atoms with Gasteiger partial charge in [-0.1, -0.05) is 27.7 Å². The van der Waals surface area contributed by atoms with Gasteiger partial charge >= 0.3 is 0 Å². The lowest BCUT2D eigenvalue weighted by atomic mass is 10.0. The van der Waals surface area contributed by atoms with Crippen LogP contribution >= 0.6 is 0 Å². The number of hydrogen-bond donors (Lipinski definition) is 3.